The first-order chi connectivity index (χ1) is 8.49. The van der Waals surface area contributed by atoms with Crippen LogP contribution < -0.4 is 0 Å². The normalized spacial score (nSPS) is 28.8. The van der Waals surface area contributed by atoms with E-state index in [9.17, 15) is 9.59 Å². The van der Waals surface area contributed by atoms with Gasteiger partial charge in [-0.05, 0) is 14.0 Å². The summed E-state index contributed by atoms with van der Waals surface area (Å²) in [5.41, 5.74) is -0.0878. The molecule has 0 bridgehead atoms. The second-order valence-electron chi connectivity index (χ2n) is 4.78. The molecule has 0 aromatic carbocycles. The molecular weight excluding hydrogens is 238 g/mol. The summed E-state index contributed by atoms with van der Waals surface area (Å²) in [6.07, 6.45) is -0.727. The van der Waals surface area contributed by atoms with Crippen molar-refractivity contribution in [2.75, 3.05) is 26.7 Å². The summed E-state index contributed by atoms with van der Waals surface area (Å²) in [6.45, 7) is 4.24. The quantitative estimate of drug-likeness (QED) is 0.711. The highest BCUT2D eigenvalue weighted by atomic mass is 16.6. The molecule has 7 nitrogen and oxygen atoms in total. The molecule has 1 N–H and O–H groups in total. The standard InChI is InChI=1S/C11H17N3O4/c1-7-6-13(2)3-4-14(7)10(15)9-5-8(11(16)17)12-18-9/h7,9H,3-6H2,1-2H3,(H,16,17). The van der Waals surface area contributed by atoms with Crippen LogP contribution in [0.3, 0.4) is 0 Å². The molecule has 0 aromatic rings. The average molecular weight is 255 g/mol. The lowest BCUT2D eigenvalue weighted by Gasteiger charge is -2.38. The zero-order chi connectivity index (χ0) is 13.3. The van der Waals surface area contributed by atoms with Gasteiger partial charge in [0, 0.05) is 32.1 Å². The van der Waals surface area contributed by atoms with Gasteiger partial charge in [0.25, 0.3) is 5.91 Å². The van der Waals surface area contributed by atoms with E-state index in [1.165, 1.54) is 0 Å². The molecule has 2 heterocycles. The van der Waals surface area contributed by atoms with Crippen molar-refractivity contribution in [1.82, 2.24) is 9.80 Å². The van der Waals surface area contributed by atoms with Crippen molar-refractivity contribution in [2.45, 2.75) is 25.5 Å². The van der Waals surface area contributed by atoms with Crippen molar-refractivity contribution in [2.24, 2.45) is 5.16 Å². The van der Waals surface area contributed by atoms with Gasteiger partial charge in [0.1, 0.15) is 0 Å². The summed E-state index contributed by atoms with van der Waals surface area (Å²) < 4.78 is 0. The Morgan fingerprint density at radius 3 is 2.72 bits per heavy atom. The molecule has 1 fully saturated rings. The van der Waals surface area contributed by atoms with Gasteiger partial charge in [0.05, 0.1) is 0 Å². The molecule has 0 aromatic heterocycles. The molecule has 1 amide bonds. The number of carbonyl (C=O) groups excluding carboxylic acids is 1. The number of aliphatic carboxylic acids is 1. The predicted molar refractivity (Wildman–Crippen MR) is 63.2 cm³/mol. The maximum Gasteiger partial charge on any atom is 0.353 e. The number of oxime groups is 1. The number of carboxylic acid groups (broad SMARTS) is 1. The minimum atomic E-state index is -1.13. The number of piperazine rings is 1. The van der Waals surface area contributed by atoms with Crippen molar-refractivity contribution in [3.05, 3.63) is 0 Å². The zero-order valence-electron chi connectivity index (χ0n) is 10.5. The van der Waals surface area contributed by atoms with Crippen LogP contribution in [-0.4, -0.2) is 71.3 Å². The van der Waals surface area contributed by atoms with Crippen LogP contribution in [-0.2, 0) is 14.4 Å². The lowest BCUT2D eigenvalue weighted by molar-refractivity contribution is -0.146. The SMILES string of the molecule is CC1CN(C)CCN1C(=O)C1CC(C(=O)O)=NO1. The molecule has 2 atom stereocenters. The third-order valence-electron chi connectivity index (χ3n) is 3.30. The van der Waals surface area contributed by atoms with Crippen molar-refractivity contribution in [3.8, 4) is 0 Å². The lowest BCUT2D eigenvalue weighted by atomic mass is 10.1. The van der Waals surface area contributed by atoms with Gasteiger partial charge < -0.3 is 19.7 Å². The molecule has 0 radical (unpaired) electrons. The Labute approximate surface area is 105 Å². The van der Waals surface area contributed by atoms with Crippen LogP contribution in [0.4, 0.5) is 0 Å². The van der Waals surface area contributed by atoms with E-state index in [4.69, 9.17) is 9.94 Å². The maximum absolute atomic E-state index is 12.2. The van der Waals surface area contributed by atoms with Gasteiger partial charge in [0.15, 0.2) is 5.71 Å². The van der Waals surface area contributed by atoms with E-state index in [1.807, 2.05) is 14.0 Å². The molecule has 0 aliphatic carbocycles. The van der Waals surface area contributed by atoms with Gasteiger partial charge in [-0.15, -0.1) is 0 Å². The Balaban J connectivity index is 1.95. The second kappa shape index (κ2) is 4.93. The van der Waals surface area contributed by atoms with Gasteiger partial charge in [-0.2, -0.15) is 0 Å². The van der Waals surface area contributed by atoms with Gasteiger partial charge in [0.2, 0.25) is 6.10 Å². The number of likely N-dealkylation sites (N-methyl/N-ethyl adjacent to an activating group) is 1. The van der Waals surface area contributed by atoms with E-state index < -0.39 is 12.1 Å². The molecule has 18 heavy (non-hydrogen) atoms. The van der Waals surface area contributed by atoms with E-state index in [0.717, 1.165) is 13.1 Å². The van der Waals surface area contributed by atoms with E-state index in [-0.39, 0.29) is 24.1 Å². The largest absolute Gasteiger partial charge is 0.477 e. The monoisotopic (exact) mass is 255 g/mol. The summed E-state index contributed by atoms with van der Waals surface area (Å²) in [6, 6.07) is 0.105. The fourth-order valence-electron chi connectivity index (χ4n) is 2.29. The molecule has 2 rings (SSSR count). The Hall–Kier alpha value is -1.63. The molecule has 0 saturated carbocycles. The third kappa shape index (κ3) is 2.45. The second-order valence-corrected chi connectivity index (χ2v) is 4.78. The van der Waals surface area contributed by atoms with Crippen molar-refractivity contribution < 1.29 is 19.5 Å². The predicted octanol–water partition coefficient (Wildman–Crippen LogP) is -0.622. The van der Waals surface area contributed by atoms with Gasteiger partial charge in [-0.3, -0.25) is 4.79 Å². The van der Waals surface area contributed by atoms with E-state index in [1.54, 1.807) is 4.90 Å². The van der Waals surface area contributed by atoms with Crippen LogP contribution in [0.5, 0.6) is 0 Å². The topological polar surface area (TPSA) is 82.4 Å². The Morgan fingerprint density at radius 2 is 2.17 bits per heavy atom. The van der Waals surface area contributed by atoms with Gasteiger partial charge in [-0.1, -0.05) is 5.16 Å². The van der Waals surface area contributed by atoms with Crippen LogP contribution in [0, 0.1) is 0 Å². The van der Waals surface area contributed by atoms with Crippen LogP contribution in [0.2, 0.25) is 0 Å². The summed E-state index contributed by atoms with van der Waals surface area (Å²) in [7, 11) is 2.01. The van der Waals surface area contributed by atoms with Crippen molar-refractivity contribution in [3.63, 3.8) is 0 Å². The number of carboxylic acids is 1. The van der Waals surface area contributed by atoms with Crippen LogP contribution in [0.1, 0.15) is 13.3 Å². The highest BCUT2D eigenvalue weighted by Crippen LogP contribution is 2.17. The zero-order valence-corrected chi connectivity index (χ0v) is 10.5. The summed E-state index contributed by atoms with van der Waals surface area (Å²) in [4.78, 5) is 31.7. The summed E-state index contributed by atoms with van der Waals surface area (Å²) in [5, 5.41) is 12.2. The highest BCUT2D eigenvalue weighted by Gasteiger charge is 2.37. The molecular formula is C11H17N3O4. The Morgan fingerprint density at radius 1 is 1.44 bits per heavy atom. The van der Waals surface area contributed by atoms with Crippen LogP contribution in [0.15, 0.2) is 5.16 Å². The van der Waals surface area contributed by atoms with E-state index in [2.05, 4.69) is 10.1 Å². The first kappa shape index (κ1) is 12.8. The van der Waals surface area contributed by atoms with Gasteiger partial charge >= 0.3 is 5.97 Å². The number of carbonyl (C=O) groups is 2. The van der Waals surface area contributed by atoms with Crippen molar-refractivity contribution in [1.29, 1.82) is 0 Å². The minimum Gasteiger partial charge on any atom is -0.477 e. The maximum atomic E-state index is 12.2. The molecule has 7 heteroatoms. The number of amides is 1. The number of rotatable bonds is 2. The molecule has 0 spiro atoms. The average Bonchev–Trinajstić information content (AvgIpc) is 2.77. The Kier molecular flexibility index (Phi) is 3.51. The van der Waals surface area contributed by atoms with Crippen molar-refractivity contribution >= 4 is 17.6 Å². The van der Waals surface area contributed by atoms with Gasteiger partial charge in [-0.25, -0.2) is 4.79 Å². The summed E-state index contributed by atoms with van der Waals surface area (Å²) >= 11 is 0. The molecule has 2 aliphatic heterocycles. The highest BCUT2D eigenvalue weighted by molar-refractivity contribution is 6.36. The molecule has 2 aliphatic rings. The number of hydrogen-bond acceptors (Lipinski definition) is 5. The fourth-order valence-corrected chi connectivity index (χ4v) is 2.29. The summed E-state index contributed by atoms with van der Waals surface area (Å²) in [5.74, 6) is -1.30. The Bertz CT molecular complexity index is 396. The van der Waals surface area contributed by atoms with E-state index >= 15 is 0 Å². The molecule has 2 unspecified atom stereocenters. The number of nitrogens with zero attached hydrogens (tertiary/aromatic N) is 3. The fraction of sp³-hybridized carbons (Fsp3) is 0.727. The smallest absolute Gasteiger partial charge is 0.353 e. The van der Waals surface area contributed by atoms with E-state index in [0.29, 0.717) is 6.54 Å². The first-order valence-electron chi connectivity index (χ1n) is 5.94. The first-order valence-corrected chi connectivity index (χ1v) is 5.94. The third-order valence-corrected chi connectivity index (χ3v) is 3.30. The van der Waals surface area contributed by atoms with Crippen LogP contribution >= 0.6 is 0 Å². The molecule has 100 valence electrons. The molecule has 1 saturated heterocycles. The van der Waals surface area contributed by atoms with Crippen LogP contribution in [0.25, 0.3) is 0 Å². The number of hydrogen-bond donors (Lipinski definition) is 1. The minimum absolute atomic E-state index is 0.0488. The lowest BCUT2D eigenvalue weighted by Crippen LogP contribution is -2.55.